The second-order valence-corrected chi connectivity index (χ2v) is 8.07. The zero-order valence-electron chi connectivity index (χ0n) is 18.4. The molecule has 0 bridgehead atoms. The first-order valence-electron chi connectivity index (χ1n) is 11.3. The summed E-state index contributed by atoms with van der Waals surface area (Å²) in [7, 11) is 0. The standard InChI is InChI=1S/C23H44O4/c1-5-7-12-20(3)16-18-26-22(24)14-10-9-11-15-23(25)27-19-17-21(4)13-8-6-2/h20-21H,5-19H2,1-4H3. The maximum absolute atomic E-state index is 11.7. The van der Waals surface area contributed by atoms with Gasteiger partial charge < -0.3 is 9.47 Å². The molecule has 0 heterocycles. The Labute approximate surface area is 167 Å². The molecule has 0 N–H and O–H groups in total. The topological polar surface area (TPSA) is 52.6 Å². The highest BCUT2D eigenvalue weighted by molar-refractivity contribution is 5.69. The maximum atomic E-state index is 11.7. The fraction of sp³-hybridized carbons (Fsp3) is 0.913. The van der Waals surface area contributed by atoms with E-state index in [-0.39, 0.29) is 11.9 Å². The van der Waals surface area contributed by atoms with Crippen LogP contribution in [-0.4, -0.2) is 25.2 Å². The van der Waals surface area contributed by atoms with Gasteiger partial charge in [0.15, 0.2) is 0 Å². The summed E-state index contributed by atoms with van der Waals surface area (Å²) in [5.41, 5.74) is 0. The predicted molar refractivity (Wildman–Crippen MR) is 112 cm³/mol. The minimum atomic E-state index is -0.110. The van der Waals surface area contributed by atoms with Gasteiger partial charge in [0.1, 0.15) is 0 Å². The van der Waals surface area contributed by atoms with Crippen LogP contribution < -0.4 is 0 Å². The molecule has 0 aromatic heterocycles. The lowest BCUT2D eigenvalue weighted by Crippen LogP contribution is -2.09. The Kier molecular flexibility index (Phi) is 17.6. The van der Waals surface area contributed by atoms with Crippen molar-refractivity contribution >= 4 is 11.9 Å². The first-order valence-corrected chi connectivity index (χ1v) is 11.3. The van der Waals surface area contributed by atoms with Crippen LogP contribution in [0.5, 0.6) is 0 Å². The Bertz CT molecular complexity index is 333. The van der Waals surface area contributed by atoms with Crippen LogP contribution in [0.4, 0.5) is 0 Å². The van der Waals surface area contributed by atoms with Crippen molar-refractivity contribution in [2.45, 2.75) is 111 Å². The molecule has 0 aromatic carbocycles. The number of carbonyl (C=O) groups is 2. The van der Waals surface area contributed by atoms with Gasteiger partial charge in [0.2, 0.25) is 0 Å². The molecule has 0 aliphatic carbocycles. The normalized spacial score (nSPS) is 13.2. The molecule has 0 fully saturated rings. The fourth-order valence-electron chi connectivity index (χ4n) is 3.00. The van der Waals surface area contributed by atoms with Crippen LogP contribution in [0, 0.1) is 11.8 Å². The number of rotatable bonds is 18. The van der Waals surface area contributed by atoms with Gasteiger partial charge in [-0.15, -0.1) is 0 Å². The van der Waals surface area contributed by atoms with Crippen molar-refractivity contribution in [3.05, 3.63) is 0 Å². The van der Waals surface area contributed by atoms with Crippen molar-refractivity contribution in [3.8, 4) is 0 Å². The van der Waals surface area contributed by atoms with E-state index in [1.54, 1.807) is 0 Å². The van der Waals surface area contributed by atoms with Gasteiger partial charge in [-0.05, 0) is 37.5 Å². The van der Waals surface area contributed by atoms with E-state index in [0.29, 0.717) is 37.9 Å². The van der Waals surface area contributed by atoms with Crippen LogP contribution in [-0.2, 0) is 19.1 Å². The molecule has 0 aliphatic heterocycles. The summed E-state index contributed by atoms with van der Waals surface area (Å²) in [4.78, 5) is 23.4. The van der Waals surface area contributed by atoms with Crippen LogP contribution in [0.15, 0.2) is 0 Å². The molecule has 2 unspecified atom stereocenters. The summed E-state index contributed by atoms with van der Waals surface area (Å²) in [5, 5.41) is 0. The SMILES string of the molecule is CCCCC(C)CCOC(=O)CCCCCC(=O)OCCC(C)CCCC. The molecule has 160 valence electrons. The van der Waals surface area contributed by atoms with Crippen molar-refractivity contribution in [2.24, 2.45) is 11.8 Å². The summed E-state index contributed by atoms with van der Waals surface area (Å²) in [6.07, 6.45) is 12.6. The van der Waals surface area contributed by atoms with Crippen molar-refractivity contribution in [3.63, 3.8) is 0 Å². The molecule has 0 spiro atoms. The number of hydrogen-bond donors (Lipinski definition) is 0. The summed E-state index contributed by atoms with van der Waals surface area (Å²) in [5.74, 6) is 1.03. The highest BCUT2D eigenvalue weighted by Crippen LogP contribution is 2.13. The van der Waals surface area contributed by atoms with Gasteiger partial charge >= 0.3 is 11.9 Å². The lowest BCUT2D eigenvalue weighted by Gasteiger charge is -2.11. The minimum absolute atomic E-state index is 0.110. The molecule has 0 rings (SSSR count). The third-order valence-corrected chi connectivity index (χ3v) is 5.11. The molecular formula is C23H44O4. The predicted octanol–water partition coefficient (Wildman–Crippen LogP) is 6.46. The third-order valence-electron chi connectivity index (χ3n) is 5.11. The second-order valence-electron chi connectivity index (χ2n) is 8.07. The molecule has 0 saturated carbocycles. The van der Waals surface area contributed by atoms with Crippen molar-refractivity contribution < 1.29 is 19.1 Å². The molecular weight excluding hydrogens is 340 g/mol. The molecule has 2 atom stereocenters. The fourth-order valence-corrected chi connectivity index (χ4v) is 3.00. The molecule has 0 aliphatic rings. The van der Waals surface area contributed by atoms with Gasteiger partial charge in [-0.1, -0.05) is 72.6 Å². The largest absolute Gasteiger partial charge is 0.466 e. The van der Waals surface area contributed by atoms with Gasteiger partial charge in [0, 0.05) is 12.8 Å². The van der Waals surface area contributed by atoms with Crippen LogP contribution in [0.1, 0.15) is 111 Å². The first-order chi connectivity index (χ1) is 13.0. The van der Waals surface area contributed by atoms with Crippen molar-refractivity contribution in [2.75, 3.05) is 13.2 Å². The Morgan fingerprint density at radius 1 is 0.630 bits per heavy atom. The number of unbranched alkanes of at least 4 members (excludes halogenated alkanes) is 4. The maximum Gasteiger partial charge on any atom is 0.305 e. The smallest absolute Gasteiger partial charge is 0.305 e. The molecule has 0 radical (unpaired) electrons. The lowest BCUT2D eigenvalue weighted by molar-refractivity contribution is -0.144. The third kappa shape index (κ3) is 18.1. The first kappa shape index (κ1) is 25.9. The van der Waals surface area contributed by atoms with Crippen LogP contribution in [0.2, 0.25) is 0 Å². The quantitative estimate of drug-likeness (QED) is 0.201. The summed E-state index contributed by atoms with van der Waals surface area (Å²) in [6.45, 7) is 9.89. The molecule has 4 nitrogen and oxygen atoms in total. The van der Waals surface area contributed by atoms with E-state index < -0.39 is 0 Å². The van der Waals surface area contributed by atoms with Gasteiger partial charge in [0.05, 0.1) is 13.2 Å². The molecule has 0 amide bonds. The van der Waals surface area contributed by atoms with Crippen LogP contribution in [0.3, 0.4) is 0 Å². The van der Waals surface area contributed by atoms with Gasteiger partial charge in [-0.3, -0.25) is 9.59 Å². The highest BCUT2D eigenvalue weighted by atomic mass is 16.5. The number of ether oxygens (including phenoxy) is 2. The molecule has 0 saturated heterocycles. The Morgan fingerprint density at radius 2 is 1.04 bits per heavy atom. The number of hydrogen-bond acceptors (Lipinski definition) is 4. The number of carbonyl (C=O) groups excluding carboxylic acids is 2. The average molecular weight is 385 g/mol. The van der Waals surface area contributed by atoms with Gasteiger partial charge in [0.25, 0.3) is 0 Å². The molecule has 0 aromatic rings. The molecule has 27 heavy (non-hydrogen) atoms. The van der Waals surface area contributed by atoms with E-state index in [4.69, 9.17) is 9.47 Å². The van der Waals surface area contributed by atoms with Crippen molar-refractivity contribution in [1.29, 1.82) is 0 Å². The Hall–Kier alpha value is -1.06. The zero-order valence-corrected chi connectivity index (χ0v) is 18.4. The van der Waals surface area contributed by atoms with E-state index in [2.05, 4.69) is 27.7 Å². The van der Waals surface area contributed by atoms with E-state index in [1.807, 2.05) is 0 Å². The van der Waals surface area contributed by atoms with Gasteiger partial charge in [-0.2, -0.15) is 0 Å². The van der Waals surface area contributed by atoms with Crippen LogP contribution >= 0.6 is 0 Å². The summed E-state index contributed by atoms with van der Waals surface area (Å²) >= 11 is 0. The highest BCUT2D eigenvalue weighted by Gasteiger charge is 2.08. The Balaban J connectivity index is 3.48. The van der Waals surface area contributed by atoms with E-state index >= 15 is 0 Å². The van der Waals surface area contributed by atoms with E-state index in [0.717, 1.165) is 32.1 Å². The van der Waals surface area contributed by atoms with Crippen molar-refractivity contribution in [1.82, 2.24) is 0 Å². The Morgan fingerprint density at radius 3 is 1.41 bits per heavy atom. The zero-order chi connectivity index (χ0) is 20.3. The van der Waals surface area contributed by atoms with Gasteiger partial charge in [-0.25, -0.2) is 0 Å². The van der Waals surface area contributed by atoms with E-state index in [9.17, 15) is 9.59 Å². The second kappa shape index (κ2) is 18.3. The average Bonchev–Trinajstić information content (AvgIpc) is 2.64. The number of esters is 2. The summed E-state index contributed by atoms with van der Waals surface area (Å²) < 4.78 is 10.6. The lowest BCUT2D eigenvalue weighted by atomic mass is 10.0. The monoisotopic (exact) mass is 384 g/mol. The minimum Gasteiger partial charge on any atom is -0.466 e. The van der Waals surface area contributed by atoms with E-state index in [1.165, 1.54) is 38.5 Å². The van der Waals surface area contributed by atoms with Crippen LogP contribution in [0.25, 0.3) is 0 Å². The molecule has 4 heteroatoms. The summed E-state index contributed by atoms with van der Waals surface area (Å²) in [6, 6.07) is 0.